The molecule has 1 aliphatic rings. The lowest BCUT2D eigenvalue weighted by atomic mass is 10.2. The van der Waals surface area contributed by atoms with Gasteiger partial charge in [-0.2, -0.15) is 0 Å². The summed E-state index contributed by atoms with van der Waals surface area (Å²) in [5, 5.41) is 3.21. The Hall–Kier alpha value is -0.120. The van der Waals surface area contributed by atoms with Crippen LogP contribution in [0.5, 0.6) is 0 Å². The van der Waals surface area contributed by atoms with Crippen LogP contribution in [-0.2, 0) is 9.47 Å². The third-order valence-electron chi connectivity index (χ3n) is 2.46. The predicted octanol–water partition coefficient (Wildman–Crippen LogP) is 2.84. The maximum absolute atomic E-state index is 5.40. The van der Waals surface area contributed by atoms with Gasteiger partial charge >= 0.3 is 0 Å². The highest BCUT2D eigenvalue weighted by Gasteiger charge is 2.04. The van der Waals surface area contributed by atoms with E-state index in [2.05, 4.69) is 33.0 Å². The van der Waals surface area contributed by atoms with Gasteiger partial charge in [-0.05, 0) is 19.3 Å². The Morgan fingerprint density at radius 2 is 2.12 bits per heavy atom. The van der Waals surface area contributed by atoms with Crippen LogP contribution in [0.25, 0.3) is 0 Å². The van der Waals surface area contributed by atoms with Gasteiger partial charge < -0.3 is 14.8 Å². The molecule has 0 aliphatic carbocycles. The van der Waals surface area contributed by atoms with Crippen molar-refractivity contribution in [3.05, 3.63) is 0 Å². The topological polar surface area (TPSA) is 30.5 Å². The molecule has 1 atom stereocenters. The molecular formula is C14H31NO2. The van der Waals surface area contributed by atoms with E-state index in [1.54, 1.807) is 0 Å². The van der Waals surface area contributed by atoms with E-state index >= 15 is 0 Å². The van der Waals surface area contributed by atoms with Gasteiger partial charge in [0, 0.05) is 26.3 Å². The molecule has 1 aliphatic heterocycles. The zero-order chi connectivity index (χ0) is 12.9. The van der Waals surface area contributed by atoms with Crippen LogP contribution in [0.15, 0.2) is 0 Å². The van der Waals surface area contributed by atoms with Crippen molar-refractivity contribution in [2.45, 2.75) is 53.1 Å². The standard InChI is InChI=1S/C9H20O.C5H11NO/c1-4-5-6-7-10-8-9(2)3;1-5-4-6-2-3-7-5/h9H,4-8H2,1-3H3;5-6H,2-4H2,1H3/t;5-/m.0/s1. The van der Waals surface area contributed by atoms with Crippen LogP contribution in [0, 0.1) is 5.92 Å². The SMILES string of the molecule is CCCCCOCC(C)C.C[C@H]1CNCCO1. The van der Waals surface area contributed by atoms with Gasteiger partial charge in [0.15, 0.2) is 0 Å². The average Bonchev–Trinajstić information content (AvgIpc) is 2.30. The Balaban J connectivity index is 0.000000318. The number of unbranched alkanes of at least 4 members (excludes halogenated alkanes) is 2. The fourth-order valence-corrected chi connectivity index (χ4v) is 1.47. The number of hydrogen-bond donors (Lipinski definition) is 1. The smallest absolute Gasteiger partial charge is 0.0672 e. The fraction of sp³-hybridized carbons (Fsp3) is 1.00. The minimum Gasteiger partial charge on any atom is -0.381 e. The zero-order valence-electron chi connectivity index (χ0n) is 12.1. The largest absolute Gasteiger partial charge is 0.381 e. The number of morpholine rings is 1. The van der Waals surface area contributed by atoms with E-state index < -0.39 is 0 Å². The number of nitrogens with one attached hydrogen (secondary N) is 1. The van der Waals surface area contributed by atoms with Crippen LogP contribution in [0.4, 0.5) is 0 Å². The molecule has 0 bridgehead atoms. The van der Waals surface area contributed by atoms with Crippen LogP contribution in [-0.4, -0.2) is 39.0 Å². The molecule has 0 spiro atoms. The van der Waals surface area contributed by atoms with Crippen molar-refractivity contribution >= 4 is 0 Å². The first-order valence-corrected chi connectivity index (χ1v) is 7.06. The van der Waals surface area contributed by atoms with Crippen LogP contribution < -0.4 is 5.32 Å². The minimum absolute atomic E-state index is 0.425. The Bertz CT molecular complexity index is 145. The molecule has 3 nitrogen and oxygen atoms in total. The molecule has 0 saturated carbocycles. The summed E-state index contributed by atoms with van der Waals surface area (Å²) in [7, 11) is 0. The summed E-state index contributed by atoms with van der Waals surface area (Å²) in [5.41, 5.74) is 0. The van der Waals surface area contributed by atoms with Gasteiger partial charge in [-0.15, -0.1) is 0 Å². The first kappa shape index (κ1) is 16.9. The molecule has 1 saturated heterocycles. The van der Waals surface area contributed by atoms with Gasteiger partial charge in [-0.1, -0.05) is 33.6 Å². The van der Waals surface area contributed by atoms with E-state index in [0.717, 1.165) is 32.9 Å². The average molecular weight is 245 g/mol. The molecule has 104 valence electrons. The molecule has 1 heterocycles. The van der Waals surface area contributed by atoms with Gasteiger partial charge in [-0.25, -0.2) is 0 Å². The second-order valence-electron chi connectivity index (χ2n) is 5.06. The minimum atomic E-state index is 0.425. The normalized spacial score (nSPS) is 19.9. The lowest BCUT2D eigenvalue weighted by molar-refractivity contribution is 0.0410. The van der Waals surface area contributed by atoms with E-state index in [4.69, 9.17) is 9.47 Å². The van der Waals surface area contributed by atoms with Gasteiger partial charge in [0.2, 0.25) is 0 Å². The molecule has 0 aromatic carbocycles. The Morgan fingerprint density at radius 3 is 2.53 bits per heavy atom. The second-order valence-corrected chi connectivity index (χ2v) is 5.06. The Morgan fingerprint density at radius 1 is 1.35 bits per heavy atom. The van der Waals surface area contributed by atoms with E-state index in [0.29, 0.717) is 12.0 Å². The van der Waals surface area contributed by atoms with Gasteiger partial charge in [0.25, 0.3) is 0 Å². The quantitative estimate of drug-likeness (QED) is 0.730. The Labute approximate surface area is 107 Å². The van der Waals surface area contributed by atoms with Gasteiger partial charge in [0.1, 0.15) is 0 Å². The number of hydrogen-bond acceptors (Lipinski definition) is 3. The molecule has 1 fully saturated rings. The first-order chi connectivity index (χ1) is 8.16. The molecule has 17 heavy (non-hydrogen) atoms. The summed E-state index contributed by atoms with van der Waals surface area (Å²) < 4.78 is 10.6. The third kappa shape index (κ3) is 13.8. The summed E-state index contributed by atoms with van der Waals surface area (Å²) in [6, 6.07) is 0. The van der Waals surface area contributed by atoms with Crippen LogP contribution in [0.3, 0.4) is 0 Å². The van der Waals surface area contributed by atoms with Crippen molar-refractivity contribution < 1.29 is 9.47 Å². The van der Waals surface area contributed by atoms with Crippen LogP contribution >= 0.6 is 0 Å². The molecule has 0 aromatic rings. The predicted molar refractivity (Wildman–Crippen MR) is 73.5 cm³/mol. The first-order valence-electron chi connectivity index (χ1n) is 7.06. The van der Waals surface area contributed by atoms with E-state index in [1.165, 1.54) is 19.3 Å². The number of ether oxygens (including phenoxy) is 2. The monoisotopic (exact) mass is 245 g/mol. The zero-order valence-corrected chi connectivity index (χ0v) is 12.1. The molecule has 0 aromatic heterocycles. The lowest BCUT2D eigenvalue weighted by Gasteiger charge is -2.18. The third-order valence-corrected chi connectivity index (χ3v) is 2.46. The maximum Gasteiger partial charge on any atom is 0.0672 e. The van der Waals surface area contributed by atoms with Crippen molar-refractivity contribution in [2.24, 2.45) is 5.92 Å². The van der Waals surface area contributed by atoms with Crippen molar-refractivity contribution in [1.82, 2.24) is 5.32 Å². The summed E-state index contributed by atoms with van der Waals surface area (Å²) in [6.45, 7) is 13.4. The summed E-state index contributed by atoms with van der Waals surface area (Å²) in [5.74, 6) is 0.682. The summed E-state index contributed by atoms with van der Waals surface area (Å²) >= 11 is 0. The van der Waals surface area contributed by atoms with Crippen molar-refractivity contribution in [3.8, 4) is 0 Å². The molecule has 0 radical (unpaired) electrons. The molecule has 1 N–H and O–H groups in total. The molecular weight excluding hydrogens is 214 g/mol. The van der Waals surface area contributed by atoms with Crippen molar-refractivity contribution in [3.63, 3.8) is 0 Å². The number of rotatable bonds is 6. The Kier molecular flexibility index (Phi) is 12.3. The highest BCUT2D eigenvalue weighted by molar-refractivity contribution is 4.59. The highest BCUT2D eigenvalue weighted by atomic mass is 16.5. The molecule has 3 heteroatoms. The van der Waals surface area contributed by atoms with E-state index in [-0.39, 0.29) is 0 Å². The van der Waals surface area contributed by atoms with Crippen LogP contribution in [0.1, 0.15) is 47.0 Å². The molecule has 0 unspecified atom stereocenters. The maximum atomic E-state index is 5.40. The summed E-state index contributed by atoms with van der Waals surface area (Å²) in [6.07, 6.45) is 4.24. The van der Waals surface area contributed by atoms with Crippen LogP contribution in [0.2, 0.25) is 0 Å². The van der Waals surface area contributed by atoms with Crippen molar-refractivity contribution in [1.29, 1.82) is 0 Å². The van der Waals surface area contributed by atoms with Gasteiger partial charge in [0.05, 0.1) is 12.7 Å². The van der Waals surface area contributed by atoms with E-state index in [1.807, 2.05) is 0 Å². The molecule has 0 amide bonds. The second kappa shape index (κ2) is 12.3. The lowest BCUT2D eigenvalue weighted by Crippen LogP contribution is -2.36. The van der Waals surface area contributed by atoms with E-state index in [9.17, 15) is 0 Å². The summed E-state index contributed by atoms with van der Waals surface area (Å²) in [4.78, 5) is 0. The highest BCUT2D eigenvalue weighted by Crippen LogP contribution is 1.97. The molecule has 1 rings (SSSR count). The fourth-order valence-electron chi connectivity index (χ4n) is 1.47. The van der Waals surface area contributed by atoms with Gasteiger partial charge in [-0.3, -0.25) is 0 Å². The van der Waals surface area contributed by atoms with Crippen molar-refractivity contribution in [2.75, 3.05) is 32.9 Å².